The first kappa shape index (κ1) is 23.7. The number of allylic oxidation sites excluding steroid dienone is 6. The molecule has 0 aromatic rings. The van der Waals surface area contributed by atoms with Crippen LogP contribution in [0.1, 0.15) is 66.2 Å². The Labute approximate surface area is 179 Å². The predicted molar refractivity (Wildman–Crippen MR) is 125 cm³/mol. The summed E-state index contributed by atoms with van der Waals surface area (Å²) in [6.45, 7) is 15.7. The van der Waals surface area contributed by atoms with Crippen LogP contribution in [0.3, 0.4) is 0 Å². The Morgan fingerprint density at radius 3 is 2.52 bits per heavy atom. The lowest BCUT2D eigenvalue weighted by atomic mass is 9.84. The zero-order valence-corrected chi connectivity index (χ0v) is 19.2. The predicted octanol–water partition coefficient (Wildman–Crippen LogP) is 5.78. The van der Waals surface area contributed by atoms with Crippen LogP contribution in [0.4, 0.5) is 0 Å². The van der Waals surface area contributed by atoms with Crippen molar-refractivity contribution in [1.29, 1.82) is 0 Å². The first-order chi connectivity index (χ1) is 14.0. The second kappa shape index (κ2) is 12.9. The highest BCUT2D eigenvalue weighted by Gasteiger charge is 2.22. The minimum atomic E-state index is 0.0662. The molecular formula is C26H42N2O. The van der Waals surface area contributed by atoms with Crippen molar-refractivity contribution in [2.24, 2.45) is 5.41 Å². The van der Waals surface area contributed by atoms with Crippen molar-refractivity contribution in [3.63, 3.8) is 0 Å². The molecule has 1 saturated heterocycles. The normalized spacial score (nSPS) is 18.4. The number of hydrogen-bond acceptors (Lipinski definition) is 3. The third kappa shape index (κ3) is 9.21. The van der Waals surface area contributed by atoms with Gasteiger partial charge in [0.05, 0.1) is 6.61 Å². The molecular weight excluding hydrogens is 356 g/mol. The Kier molecular flexibility index (Phi) is 10.6. The van der Waals surface area contributed by atoms with Crippen molar-refractivity contribution in [2.45, 2.75) is 66.2 Å². The highest BCUT2D eigenvalue weighted by molar-refractivity contribution is 5.41. The summed E-state index contributed by atoms with van der Waals surface area (Å²) in [6, 6.07) is 0. The maximum atomic E-state index is 6.17. The molecule has 1 N–H and O–H groups in total. The van der Waals surface area contributed by atoms with Crippen LogP contribution in [0.2, 0.25) is 0 Å². The number of rotatable bonds is 11. The molecule has 2 rings (SSSR count). The van der Waals surface area contributed by atoms with E-state index in [2.05, 4.69) is 67.9 Å². The molecule has 0 unspecified atom stereocenters. The molecule has 0 bridgehead atoms. The summed E-state index contributed by atoms with van der Waals surface area (Å²) < 4.78 is 6.17. The lowest BCUT2D eigenvalue weighted by Crippen LogP contribution is -2.43. The van der Waals surface area contributed by atoms with Crippen molar-refractivity contribution in [2.75, 3.05) is 39.3 Å². The average Bonchev–Trinajstić information content (AvgIpc) is 2.92. The van der Waals surface area contributed by atoms with Crippen LogP contribution >= 0.6 is 0 Å². The van der Waals surface area contributed by atoms with Gasteiger partial charge in [0.25, 0.3) is 0 Å². The smallest absolute Gasteiger partial charge is 0.123 e. The van der Waals surface area contributed by atoms with E-state index in [0.717, 1.165) is 44.7 Å². The van der Waals surface area contributed by atoms with Crippen LogP contribution in [0.25, 0.3) is 0 Å². The molecule has 0 saturated carbocycles. The summed E-state index contributed by atoms with van der Waals surface area (Å²) in [5.74, 6) is 1.00. The Morgan fingerprint density at radius 2 is 1.83 bits per heavy atom. The van der Waals surface area contributed by atoms with Gasteiger partial charge in [0.15, 0.2) is 0 Å². The van der Waals surface area contributed by atoms with Crippen molar-refractivity contribution >= 4 is 0 Å². The number of nitrogens with one attached hydrogen (secondary N) is 1. The second-order valence-electron chi connectivity index (χ2n) is 9.08. The number of unbranched alkanes of at least 4 members (excludes halogenated alkanes) is 3. The van der Waals surface area contributed by atoms with E-state index in [1.54, 1.807) is 0 Å². The molecule has 0 aromatic carbocycles. The molecule has 0 atom stereocenters. The summed E-state index contributed by atoms with van der Waals surface area (Å²) in [4.78, 5) is 2.58. The lowest BCUT2D eigenvalue weighted by Gasteiger charge is -2.26. The van der Waals surface area contributed by atoms with Crippen LogP contribution < -0.4 is 5.32 Å². The van der Waals surface area contributed by atoms with Gasteiger partial charge in [0, 0.05) is 31.8 Å². The summed E-state index contributed by atoms with van der Waals surface area (Å²) in [6.07, 6.45) is 18.0. The van der Waals surface area contributed by atoms with E-state index in [-0.39, 0.29) is 5.41 Å². The van der Waals surface area contributed by atoms with E-state index in [0.29, 0.717) is 0 Å². The van der Waals surface area contributed by atoms with Crippen LogP contribution in [0, 0.1) is 5.41 Å². The van der Waals surface area contributed by atoms with E-state index in [4.69, 9.17) is 4.74 Å². The van der Waals surface area contributed by atoms with Crippen molar-refractivity contribution in [3.8, 4) is 0 Å². The summed E-state index contributed by atoms with van der Waals surface area (Å²) >= 11 is 0. The topological polar surface area (TPSA) is 24.5 Å². The first-order valence-electron chi connectivity index (χ1n) is 11.6. The third-order valence-corrected chi connectivity index (χ3v) is 5.52. The highest BCUT2D eigenvalue weighted by Crippen LogP contribution is 2.34. The molecule has 162 valence electrons. The monoisotopic (exact) mass is 398 g/mol. The molecule has 0 spiro atoms. The number of nitrogens with zero attached hydrogens (tertiary/aromatic N) is 1. The van der Waals surface area contributed by atoms with Gasteiger partial charge in [0.2, 0.25) is 0 Å². The zero-order valence-electron chi connectivity index (χ0n) is 19.2. The molecule has 1 fully saturated rings. The van der Waals surface area contributed by atoms with Crippen LogP contribution in [0.15, 0.2) is 53.0 Å². The van der Waals surface area contributed by atoms with E-state index >= 15 is 0 Å². The fraction of sp³-hybridized carbons (Fsp3) is 0.654. The van der Waals surface area contributed by atoms with Crippen molar-refractivity contribution in [1.82, 2.24) is 10.2 Å². The molecule has 0 radical (unpaired) electrons. The fourth-order valence-corrected chi connectivity index (χ4v) is 3.67. The zero-order chi connectivity index (χ0) is 21.0. The van der Waals surface area contributed by atoms with Gasteiger partial charge in [-0.2, -0.15) is 0 Å². The lowest BCUT2D eigenvalue weighted by molar-refractivity contribution is 0.206. The second-order valence-corrected chi connectivity index (χ2v) is 9.08. The maximum Gasteiger partial charge on any atom is 0.123 e. The Balaban J connectivity index is 1.61. The number of piperazine rings is 1. The fourth-order valence-electron chi connectivity index (χ4n) is 3.67. The molecule has 1 aliphatic heterocycles. The van der Waals surface area contributed by atoms with E-state index in [9.17, 15) is 0 Å². The van der Waals surface area contributed by atoms with E-state index in [1.165, 1.54) is 50.0 Å². The molecule has 3 heteroatoms. The number of hydrogen-bond donors (Lipinski definition) is 1. The van der Waals surface area contributed by atoms with Gasteiger partial charge >= 0.3 is 0 Å². The maximum absolute atomic E-state index is 6.17. The SMILES string of the molecule is CCC1=C=CC=C(OCCC/C=C\CCCCN2CCNCC2)C(C(C)(C)C)=C1. The molecule has 3 nitrogen and oxygen atoms in total. The largest absolute Gasteiger partial charge is 0.493 e. The van der Waals surface area contributed by atoms with Gasteiger partial charge in [-0.1, -0.05) is 39.8 Å². The van der Waals surface area contributed by atoms with Crippen LogP contribution in [-0.4, -0.2) is 44.2 Å². The minimum absolute atomic E-state index is 0.0662. The molecule has 1 heterocycles. The minimum Gasteiger partial charge on any atom is -0.493 e. The third-order valence-electron chi connectivity index (χ3n) is 5.52. The number of ether oxygens (including phenoxy) is 1. The van der Waals surface area contributed by atoms with Crippen LogP contribution in [-0.2, 0) is 4.74 Å². The molecule has 0 amide bonds. The Bertz CT molecular complexity index is 636. The van der Waals surface area contributed by atoms with Gasteiger partial charge in [-0.15, -0.1) is 5.73 Å². The van der Waals surface area contributed by atoms with E-state index in [1.807, 2.05) is 6.08 Å². The van der Waals surface area contributed by atoms with Gasteiger partial charge in [-0.3, -0.25) is 0 Å². The summed E-state index contributed by atoms with van der Waals surface area (Å²) in [7, 11) is 0. The average molecular weight is 399 g/mol. The van der Waals surface area contributed by atoms with Crippen molar-refractivity contribution in [3.05, 3.63) is 53.0 Å². The molecule has 29 heavy (non-hydrogen) atoms. The van der Waals surface area contributed by atoms with Crippen LogP contribution in [0.5, 0.6) is 0 Å². The molecule has 0 aromatic heterocycles. The van der Waals surface area contributed by atoms with Gasteiger partial charge in [-0.05, 0) is 74.3 Å². The highest BCUT2D eigenvalue weighted by atomic mass is 16.5. The van der Waals surface area contributed by atoms with Gasteiger partial charge < -0.3 is 15.0 Å². The first-order valence-corrected chi connectivity index (χ1v) is 11.6. The standard InChI is InChI=1S/C26H42N2O/c1-5-23-14-13-15-25(24(22-23)26(2,3)4)29-21-12-10-8-6-7-9-11-18-28-19-16-27-17-20-28/h6,8,13,15,22,27H,5,7,9-12,16-21H2,1-4H3/b8-6-. The molecule has 1 aliphatic carbocycles. The van der Waals surface area contributed by atoms with Crippen molar-refractivity contribution < 1.29 is 4.74 Å². The van der Waals surface area contributed by atoms with Gasteiger partial charge in [-0.25, -0.2) is 0 Å². The Morgan fingerprint density at radius 1 is 1.10 bits per heavy atom. The quantitative estimate of drug-likeness (QED) is 0.271. The summed E-state index contributed by atoms with van der Waals surface area (Å²) in [5, 5.41) is 3.41. The Hall–Kier alpha value is -1.54. The molecule has 2 aliphatic rings. The summed E-state index contributed by atoms with van der Waals surface area (Å²) in [5.41, 5.74) is 5.94. The van der Waals surface area contributed by atoms with E-state index < -0.39 is 0 Å². The van der Waals surface area contributed by atoms with Gasteiger partial charge in [0.1, 0.15) is 5.76 Å².